The van der Waals surface area contributed by atoms with Crippen molar-refractivity contribution in [3.63, 3.8) is 0 Å². The van der Waals surface area contributed by atoms with Crippen LogP contribution in [0.25, 0.3) is 11.1 Å². The number of hydrogen-bond donors (Lipinski definition) is 1. The van der Waals surface area contributed by atoms with Crippen molar-refractivity contribution in [1.82, 2.24) is 30.2 Å². The second-order valence-corrected chi connectivity index (χ2v) is 5.25. The van der Waals surface area contributed by atoms with Crippen LogP contribution in [0, 0.1) is 13.8 Å². The number of carbonyl (C=O) groups is 1. The molecule has 3 aromatic rings. The molecule has 0 aliphatic heterocycles. The van der Waals surface area contributed by atoms with E-state index in [1.165, 1.54) is 6.33 Å². The molecule has 3 heterocycles. The van der Waals surface area contributed by atoms with Gasteiger partial charge < -0.3 is 9.84 Å². The summed E-state index contributed by atoms with van der Waals surface area (Å²) in [5.41, 5.74) is 2.26. The van der Waals surface area contributed by atoms with Gasteiger partial charge in [0.2, 0.25) is 0 Å². The summed E-state index contributed by atoms with van der Waals surface area (Å²) in [6, 6.07) is 1.64. The third-order valence-corrected chi connectivity index (χ3v) is 3.29. The number of carbonyl (C=O) groups excluding carboxylic acids is 1. The normalized spacial score (nSPS) is 12.5. The Labute approximate surface area is 126 Å². The number of fused-ring (bicyclic) bond motifs is 1. The van der Waals surface area contributed by atoms with Gasteiger partial charge in [0.1, 0.15) is 12.7 Å². The van der Waals surface area contributed by atoms with Gasteiger partial charge in [-0.1, -0.05) is 5.16 Å². The number of nitrogens with one attached hydrogen (secondary N) is 1. The fourth-order valence-corrected chi connectivity index (χ4v) is 2.35. The Morgan fingerprint density at radius 3 is 3.00 bits per heavy atom. The van der Waals surface area contributed by atoms with Gasteiger partial charge >= 0.3 is 0 Å². The van der Waals surface area contributed by atoms with Crippen LogP contribution >= 0.6 is 0 Å². The fraction of sp³-hybridized carbons (Fsp3) is 0.357. The smallest absolute Gasteiger partial charge is 0.258 e. The summed E-state index contributed by atoms with van der Waals surface area (Å²) in [6.07, 6.45) is 3.08. The second kappa shape index (κ2) is 5.55. The van der Waals surface area contributed by atoms with Gasteiger partial charge in [0, 0.05) is 11.7 Å². The molecule has 0 saturated carbocycles. The number of aryl methyl sites for hydroxylation is 2. The van der Waals surface area contributed by atoms with Gasteiger partial charge in [-0.05, 0) is 26.8 Å². The Balaban J connectivity index is 1.84. The number of hydrogen-bond acceptors (Lipinski definition) is 6. The van der Waals surface area contributed by atoms with Crippen molar-refractivity contribution in [2.75, 3.05) is 0 Å². The van der Waals surface area contributed by atoms with Gasteiger partial charge in [-0.3, -0.25) is 9.48 Å². The van der Waals surface area contributed by atoms with Crippen LogP contribution in [0.4, 0.5) is 0 Å². The highest BCUT2D eigenvalue weighted by Crippen LogP contribution is 2.21. The van der Waals surface area contributed by atoms with Gasteiger partial charge in [0.05, 0.1) is 23.2 Å². The molecule has 0 aliphatic carbocycles. The van der Waals surface area contributed by atoms with Gasteiger partial charge in [-0.25, -0.2) is 9.97 Å². The monoisotopic (exact) mass is 300 g/mol. The van der Waals surface area contributed by atoms with Crippen molar-refractivity contribution in [2.24, 2.45) is 0 Å². The number of aromatic nitrogens is 5. The van der Waals surface area contributed by atoms with Crippen LogP contribution in [0.15, 0.2) is 23.2 Å². The highest BCUT2D eigenvalue weighted by molar-refractivity contribution is 6.06. The standard InChI is InChI=1S/C14H16N6O2/c1-8-4-11(12-10(3)19-22-14(12)18-8)13(21)17-9(2)5-20-7-15-6-16-20/h4,6-7,9H,5H2,1-3H3,(H,17,21). The van der Waals surface area contributed by atoms with Crippen LogP contribution in [0.3, 0.4) is 0 Å². The molecular weight excluding hydrogens is 284 g/mol. The third kappa shape index (κ3) is 2.67. The Kier molecular flexibility index (Phi) is 3.58. The Morgan fingerprint density at radius 2 is 2.27 bits per heavy atom. The maximum absolute atomic E-state index is 12.5. The predicted molar refractivity (Wildman–Crippen MR) is 78.2 cm³/mol. The Hall–Kier alpha value is -2.77. The first-order chi connectivity index (χ1) is 10.5. The van der Waals surface area contributed by atoms with E-state index in [2.05, 4.69) is 25.5 Å². The number of rotatable bonds is 4. The van der Waals surface area contributed by atoms with E-state index in [0.717, 1.165) is 0 Å². The molecule has 0 saturated heterocycles. The van der Waals surface area contributed by atoms with E-state index in [1.54, 1.807) is 24.0 Å². The maximum atomic E-state index is 12.5. The molecule has 1 unspecified atom stereocenters. The van der Waals surface area contributed by atoms with Crippen molar-refractivity contribution < 1.29 is 9.32 Å². The molecule has 0 aliphatic rings. The highest BCUT2D eigenvalue weighted by atomic mass is 16.5. The molecule has 1 N–H and O–H groups in total. The van der Waals surface area contributed by atoms with E-state index in [-0.39, 0.29) is 11.9 Å². The minimum atomic E-state index is -0.186. The molecule has 3 rings (SSSR count). The average Bonchev–Trinajstić information content (AvgIpc) is 3.08. The fourth-order valence-electron chi connectivity index (χ4n) is 2.35. The number of nitrogens with zero attached hydrogens (tertiary/aromatic N) is 5. The summed E-state index contributed by atoms with van der Waals surface area (Å²) < 4.78 is 6.82. The average molecular weight is 300 g/mol. The molecule has 0 bridgehead atoms. The molecule has 1 atom stereocenters. The molecule has 1 amide bonds. The van der Waals surface area contributed by atoms with Crippen molar-refractivity contribution in [3.8, 4) is 0 Å². The Bertz CT molecular complexity index is 808. The quantitative estimate of drug-likeness (QED) is 0.778. The van der Waals surface area contributed by atoms with E-state index in [9.17, 15) is 4.79 Å². The van der Waals surface area contributed by atoms with Crippen molar-refractivity contribution >= 4 is 17.0 Å². The topological polar surface area (TPSA) is 98.7 Å². The SMILES string of the molecule is Cc1cc(C(=O)NC(C)Cn2cncn2)c2c(C)noc2n1. The minimum Gasteiger partial charge on any atom is -0.348 e. The zero-order valence-electron chi connectivity index (χ0n) is 12.6. The van der Waals surface area contributed by atoms with Crippen LogP contribution in [-0.4, -0.2) is 36.9 Å². The first-order valence-electron chi connectivity index (χ1n) is 6.91. The molecule has 22 heavy (non-hydrogen) atoms. The molecule has 114 valence electrons. The molecule has 0 fully saturated rings. The van der Waals surface area contributed by atoms with E-state index < -0.39 is 0 Å². The summed E-state index contributed by atoms with van der Waals surface area (Å²) in [6.45, 7) is 6.05. The predicted octanol–water partition coefficient (Wildman–Crippen LogP) is 1.25. The van der Waals surface area contributed by atoms with Crippen LogP contribution < -0.4 is 5.32 Å². The lowest BCUT2D eigenvalue weighted by molar-refractivity contribution is 0.0937. The van der Waals surface area contributed by atoms with Crippen LogP contribution in [-0.2, 0) is 6.54 Å². The van der Waals surface area contributed by atoms with Crippen LogP contribution in [0.2, 0.25) is 0 Å². The van der Waals surface area contributed by atoms with E-state index in [4.69, 9.17) is 4.52 Å². The van der Waals surface area contributed by atoms with Crippen LogP contribution in [0.5, 0.6) is 0 Å². The zero-order chi connectivity index (χ0) is 15.7. The van der Waals surface area contributed by atoms with E-state index in [0.29, 0.717) is 34.6 Å². The number of amides is 1. The molecule has 8 heteroatoms. The summed E-state index contributed by atoms with van der Waals surface area (Å²) in [5, 5.41) is 11.5. The molecule has 3 aromatic heterocycles. The van der Waals surface area contributed by atoms with Gasteiger partial charge in [-0.15, -0.1) is 0 Å². The van der Waals surface area contributed by atoms with Gasteiger partial charge in [0.25, 0.3) is 11.6 Å². The lowest BCUT2D eigenvalue weighted by Crippen LogP contribution is -2.36. The second-order valence-electron chi connectivity index (χ2n) is 5.25. The highest BCUT2D eigenvalue weighted by Gasteiger charge is 2.19. The summed E-state index contributed by atoms with van der Waals surface area (Å²) in [4.78, 5) is 20.7. The summed E-state index contributed by atoms with van der Waals surface area (Å²) in [7, 11) is 0. The molecule has 0 radical (unpaired) electrons. The van der Waals surface area contributed by atoms with Crippen molar-refractivity contribution in [3.05, 3.63) is 35.7 Å². The Morgan fingerprint density at radius 1 is 1.45 bits per heavy atom. The lowest BCUT2D eigenvalue weighted by atomic mass is 10.1. The third-order valence-electron chi connectivity index (χ3n) is 3.29. The zero-order valence-corrected chi connectivity index (χ0v) is 12.6. The maximum Gasteiger partial charge on any atom is 0.258 e. The molecule has 0 aromatic carbocycles. The minimum absolute atomic E-state index is 0.0992. The van der Waals surface area contributed by atoms with E-state index in [1.807, 2.05) is 13.8 Å². The van der Waals surface area contributed by atoms with Crippen molar-refractivity contribution in [1.29, 1.82) is 0 Å². The van der Waals surface area contributed by atoms with Gasteiger partial charge in [0.15, 0.2) is 0 Å². The first kappa shape index (κ1) is 14.2. The largest absolute Gasteiger partial charge is 0.348 e. The lowest BCUT2D eigenvalue weighted by Gasteiger charge is -2.14. The molecular formula is C14H16N6O2. The van der Waals surface area contributed by atoms with Crippen molar-refractivity contribution in [2.45, 2.75) is 33.4 Å². The molecule has 8 nitrogen and oxygen atoms in total. The number of pyridine rings is 1. The summed E-state index contributed by atoms with van der Waals surface area (Å²) in [5.74, 6) is -0.186. The van der Waals surface area contributed by atoms with Gasteiger partial charge in [-0.2, -0.15) is 5.10 Å². The molecule has 0 spiro atoms. The first-order valence-corrected chi connectivity index (χ1v) is 6.91. The van der Waals surface area contributed by atoms with Crippen LogP contribution in [0.1, 0.15) is 28.7 Å². The van der Waals surface area contributed by atoms with E-state index >= 15 is 0 Å². The summed E-state index contributed by atoms with van der Waals surface area (Å²) >= 11 is 0.